The molecule has 2 atom stereocenters. The van der Waals surface area contributed by atoms with Crippen molar-refractivity contribution in [1.82, 2.24) is 15.1 Å². The van der Waals surface area contributed by atoms with E-state index in [0.717, 1.165) is 24.8 Å². The Kier molecular flexibility index (Phi) is 9.16. The molecule has 6 nitrogen and oxygen atoms in total. The van der Waals surface area contributed by atoms with E-state index in [9.17, 15) is 4.79 Å². The highest BCUT2D eigenvalue weighted by atomic mass is 32.1. The van der Waals surface area contributed by atoms with Gasteiger partial charge in [0.2, 0.25) is 0 Å². The van der Waals surface area contributed by atoms with E-state index in [2.05, 4.69) is 30.4 Å². The molecule has 2 aliphatic heterocycles. The highest BCUT2D eigenvalue weighted by Gasteiger charge is 2.39. The number of carbonyl (C=O) groups excluding carboxylic acids is 1. The van der Waals surface area contributed by atoms with E-state index < -0.39 is 5.60 Å². The van der Waals surface area contributed by atoms with E-state index in [1.807, 2.05) is 58.0 Å². The molecular weight excluding hydrogens is 410 g/mol. The number of benzene rings is 1. The number of nitrogens with zero attached hydrogens (tertiary/aromatic N) is 2. The molecule has 1 N–H and O–H groups in total. The second-order valence-electron chi connectivity index (χ2n) is 8.43. The molecular formula is C24H37N3O3S. The maximum absolute atomic E-state index is 12.9. The third-order valence-electron chi connectivity index (χ3n) is 5.06. The number of carbonyl (C=O) groups is 1. The van der Waals surface area contributed by atoms with Crippen LogP contribution < -0.4 is 5.32 Å². The molecule has 0 spiro atoms. The minimum absolute atomic E-state index is 0.130. The topological polar surface area (TPSA) is 54.0 Å². The summed E-state index contributed by atoms with van der Waals surface area (Å²) in [7, 11) is 0. The van der Waals surface area contributed by atoms with Gasteiger partial charge in [-0.15, -0.1) is 0 Å². The standard InChI is InChI=1S/C22H31N3O3S.C2H6/c1-5-16-8-6-9-17(14-16)19(27-21(29)24-13-11-23-15-24)18-10-7-12-25(18)20(26)28-22(2,3)4;1-2/h6,8-9,11,13-14,18-19,23H,5,7,10,12,15H2,1-4H3;1-2H3/t18-,19?;/m0./s1. The van der Waals surface area contributed by atoms with E-state index in [0.29, 0.717) is 18.4 Å². The molecule has 1 unspecified atom stereocenters. The van der Waals surface area contributed by atoms with Crippen LogP contribution in [0.5, 0.6) is 0 Å². The number of ether oxygens (including phenoxy) is 2. The molecule has 0 aromatic heterocycles. The van der Waals surface area contributed by atoms with Crippen molar-refractivity contribution in [3.8, 4) is 0 Å². The Labute approximate surface area is 192 Å². The zero-order chi connectivity index (χ0) is 23.0. The molecule has 1 aromatic carbocycles. The van der Waals surface area contributed by atoms with Crippen molar-refractivity contribution < 1.29 is 14.3 Å². The number of rotatable bonds is 4. The van der Waals surface area contributed by atoms with E-state index in [4.69, 9.17) is 21.7 Å². The lowest BCUT2D eigenvalue weighted by atomic mass is 9.97. The molecule has 1 aromatic rings. The first-order chi connectivity index (χ1) is 14.8. The second kappa shape index (κ2) is 11.4. The Bertz CT molecular complexity index is 776. The van der Waals surface area contributed by atoms with Gasteiger partial charge in [0.25, 0.3) is 5.17 Å². The smallest absolute Gasteiger partial charge is 0.410 e. The third-order valence-corrected chi connectivity index (χ3v) is 5.39. The van der Waals surface area contributed by atoms with Crippen LogP contribution in [-0.2, 0) is 15.9 Å². The molecule has 1 amide bonds. The SMILES string of the molecule is CC.CCc1cccc(C(OC(=S)N2C=CNC2)[C@@H]2CCCN2C(=O)OC(C)(C)C)c1. The fraction of sp³-hybridized carbons (Fsp3) is 0.583. The molecule has 3 rings (SSSR count). The first-order valence-corrected chi connectivity index (χ1v) is 11.6. The largest absolute Gasteiger partial charge is 0.460 e. The van der Waals surface area contributed by atoms with Crippen molar-refractivity contribution in [2.24, 2.45) is 0 Å². The molecule has 1 saturated heterocycles. The van der Waals surface area contributed by atoms with Crippen LogP contribution in [0.4, 0.5) is 4.79 Å². The van der Waals surface area contributed by atoms with Crippen LogP contribution in [0.3, 0.4) is 0 Å². The van der Waals surface area contributed by atoms with Crippen LogP contribution >= 0.6 is 12.2 Å². The molecule has 0 radical (unpaired) electrons. The average Bonchev–Trinajstić information content (AvgIpc) is 3.44. The van der Waals surface area contributed by atoms with Gasteiger partial charge in [0, 0.05) is 18.9 Å². The molecule has 0 saturated carbocycles. The first kappa shape index (κ1) is 25.0. The summed E-state index contributed by atoms with van der Waals surface area (Å²) in [6.45, 7) is 13.0. The highest BCUT2D eigenvalue weighted by Crippen LogP contribution is 2.34. The zero-order valence-corrected chi connectivity index (χ0v) is 20.5. The molecule has 31 heavy (non-hydrogen) atoms. The van der Waals surface area contributed by atoms with E-state index in [1.165, 1.54) is 5.56 Å². The number of amides is 1. The number of hydrogen-bond acceptors (Lipinski definition) is 5. The van der Waals surface area contributed by atoms with Gasteiger partial charge in [-0.1, -0.05) is 45.0 Å². The van der Waals surface area contributed by atoms with Gasteiger partial charge < -0.3 is 19.7 Å². The Morgan fingerprint density at radius 3 is 2.68 bits per heavy atom. The van der Waals surface area contributed by atoms with Gasteiger partial charge in [0.05, 0.1) is 12.7 Å². The summed E-state index contributed by atoms with van der Waals surface area (Å²) in [4.78, 5) is 16.5. The Morgan fingerprint density at radius 1 is 1.32 bits per heavy atom. The van der Waals surface area contributed by atoms with Crippen molar-refractivity contribution in [3.63, 3.8) is 0 Å². The van der Waals surface area contributed by atoms with Crippen LogP contribution in [0.25, 0.3) is 0 Å². The number of likely N-dealkylation sites (tertiary alicyclic amines) is 1. The summed E-state index contributed by atoms with van der Waals surface area (Å²) < 4.78 is 12.0. The molecule has 0 bridgehead atoms. The van der Waals surface area contributed by atoms with Gasteiger partial charge in [-0.25, -0.2) is 4.79 Å². The van der Waals surface area contributed by atoms with Gasteiger partial charge in [-0.3, -0.25) is 4.90 Å². The number of aryl methyl sites for hydroxylation is 1. The predicted octanol–water partition coefficient (Wildman–Crippen LogP) is 5.35. The second-order valence-corrected chi connectivity index (χ2v) is 8.78. The van der Waals surface area contributed by atoms with Crippen molar-refractivity contribution in [1.29, 1.82) is 0 Å². The summed E-state index contributed by atoms with van der Waals surface area (Å²) in [6, 6.07) is 8.21. The van der Waals surface area contributed by atoms with Crippen molar-refractivity contribution in [2.45, 2.75) is 78.6 Å². The molecule has 0 aliphatic carbocycles. The number of thiocarbonyl (C=S) groups is 1. The lowest BCUT2D eigenvalue weighted by molar-refractivity contribution is 0.00591. The number of hydrogen-bond donors (Lipinski definition) is 1. The van der Waals surface area contributed by atoms with Crippen LogP contribution in [0.15, 0.2) is 36.7 Å². The Balaban J connectivity index is 0.00000166. The quantitative estimate of drug-likeness (QED) is 0.628. The van der Waals surface area contributed by atoms with Gasteiger partial charge in [-0.2, -0.15) is 0 Å². The Hall–Kier alpha value is -2.28. The molecule has 172 valence electrons. The predicted molar refractivity (Wildman–Crippen MR) is 129 cm³/mol. The summed E-state index contributed by atoms with van der Waals surface area (Å²) >= 11 is 5.56. The van der Waals surface area contributed by atoms with Crippen LogP contribution in [0, 0.1) is 0 Å². The van der Waals surface area contributed by atoms with E-state index >= 15 is 0 Å². The molecule has 2 heterocycles. The minimum atomic E-state index is -0.538. The number of nitrogens with one attached hydrogen (secondary N) is 1. The zero-order valence-electron chi connectivity index (χ0n) is 19.7. The fourth-order valence-corrected chi connectivity index (χ4v) is 3.89. The minimum Gasteiger partial charge on any atom is -0.460 e. The summed E-state index contributed by atoms with van der Waals surface area (Å²) in [6.07, 6.45) is 5.75. The van der Waals surface area contributed by atoms with Crippen LogP contribution in [0.1, 0.15) is 71.6 Å². The molecule has 7 heteroatoms. The molecule has 2 aliphatic rings. The van der Waals surface area contributed by atoms with Crippen molar-refractivity contribution in [3.05, 3.63) is 47.8 Å². The van der Waals surface area contributed by atoms with Gasteiger partial charge in [0.15, 0.2) is 0 Å². The van der Waals surface area contributed by atoms with Gasteiger partial charge in [0.1, 0.15) is 11.7 Å². The summed E-state index contributed by atoms with van der Waals surface area (Å²) in [5.74, 6) is 0. The van der Waals surface area contributed by atoms with E-state index in [-0.39, 0.29) is 18.2 Å². The van der Waals surface area contributed by atoms with Crippen molar-refractivity contribution >= 4 is 23.5 Å². The lowest BCUT2D eigenvalue weighted by Crippen LogP contribution is -2.44. The van der Waals surface area contributed by atoms with Crippen molar-refractivity contribution in [2.75, 3.05) is 13.2 Å². The van der Waals surface area contributed by atoms with E-state index in [1.54, 1.807) is 4.90 Å². The van der Waals surface area contributed by atoms with Crippen LogP contribution in [0.2, 0.25) is 0 Å². The van der Waals surface area contributed by atoms with Gasteiger partial charge in [-0.05, 0) is 63.4 Å². The first-order valence-electron chi connectivity index (χ1n) is 11.2. The summed E-state index contributed by atoms with van der Waals surface area (Å²) in [5.41, 5.74) is 1.72. The average molecular weight is 448 g/mol. The lowest BCUT2D eigenvalue weighted by Gasteiger charge is -2.34. The highest BCUT2D eigenvalue weighted by molar-refractivity contribution is 7.80. The maximum Gasteiger partial charge on any atom is 0.410 e. The van der Waals surface area contributed by atoms with Crippen LogP contribution in [-0.4, -0.2) is 45.9 Å². The third kappa shape index (κ3) is 6.86. The van der Waals surface area contributed by atoms with Gasteiger partial charge >= 0.3 is 6.09 Å². The normalized spacial score (nSPS) is 18.7. The summed E-state index contributed by atoms with van der Waals surface area (Å²) in [5, 5.41) is 3.50. The fourth-order valence-electron chi connectivity index (χ4n) is 3.66. The Morgan fingerprint density at radius 2 is 2.06 bits per heavy atom. The molecule has 1 fully saturated rings. The monoisotopic (exact) mass is 447 g/mol. The maximum atomic E-state index is 12.9.